The van der Waals surface area contributed by atoms with Gasteiger partial charge in [0.05, 0.1) is 5.56 Å². The van der Waals surface area contributed by atoms with Crippen molar-refractivity contribution < 1.29 is 9.90 Å². The highest BCUT2D eigenvalue weighted by Gasteiger charge is 2.19. The first kappa shape index (κ1) is 12.9. The zero-order chi connectivity index (χ0) is 13.0. The average Bonchev–Trinajstić information content (AvgIpc) is 2.40. The van der Waals surface area contributed by atoms with Gasteiger partial charge in [0.15, 0.2) is 0 Å². The maximum Gasteiger partial charge on any atom is 0.335 e. The Balaban J connectivity index is 1.94. The summed E-state index contributed by atoms with van der Waals surface area (Å²) in [6.07, 6.45) is 6.23. The molecule has 1 aromatic carbocycles. The Kier molecular flexibility index (Phi) is 4.24. The average molecular weight is 247 g/mol. The van der Waals surface area contributed by atoms with Gasteiger partial charge in [-0.1, -0.05) is 19.4 Å². The Labute approximate surface area is 108 Å². The number of carboxylic acid groups (broad SMARTS) is 1. The number of hydrogen-bond donors (Lipinski definition) is 2. The molecule has 98 valence electrons. The number of nitrogens with one attached hydrogen (secondary N) is 1. The normalized spacial score (nSPS) is 23.6. The summed E-state index contributed by atoms with van der Waals surface area (Å²) in [7, 11) is 0. The molecular formula is C15H21NO2. The zero-order valence-corrected chi connectivity index (χ0v) is 10.9. The van der Waals surface area contributed by atoms with Gasteiger partial charge >= 0.3 is 5.97 Å². The van der Waals surface area contributed by atoms with Crippen LogP contribution in [0.3, 0.4) is 0 Å². The molecule has 0 heterocycles. The van der Waals surface area contributed by atoms with E-state index >= 15 is 0 Å². The number of benzene rings is 1. The van der Waals surface area contributed by atoms with E-state index < -0.39 is 5.97 Å². The lowest BCUT2D eigenvalue weighted by Gasteiger charge is -2.29. The van der Waals surface area contributed by atoms with Crippen LogP contribution < -0.4 is 5.32 Å². The molecule has 0 aromatic heterocycles. The monoisotopic (exact) mass is 247 g/mol. The van der Waals surface area contributed by atoms with Crippen LogP contribution in [0.4, 0.5) is 5.69 Å². The molecule has 1 aliphatic rings. The number of carbonyl (C=O) groups is 1. The molecule has 1 aliphatic carbocycles. The highest BCUT2D eigenvalue weighted by atomic mass is 16.4. The van der Waals surface area contributed by atoms with Gasteiger partial charge in [-0.05, 0) is 49.8 Å². The molecule has 0 spiro atoms. The van der Waals surface area contributed by atoms with E-state index in [1.807, 2.05) is 6.07 Å². The maximum atomic E-state index is 10.9. The molecule has 0 saturated heterocycles. The second kappa shape index (κ2) is 5.89. The molecule has 0 atom stereocenters. The molecule has 0 bridgehead atoms. The van der Waals surface area contributed by atoms with Crippen LogP contribution in [0.25, 0.3) is 0 Å². The summed E-state index contributed by atoms with van der Waals surface area (Å²) in [6.45, 7) is 2.26. The molecule has 2 rings (SSSR count). The summed E-state index contributed by atoms with van der Waals surface area (Å²) in [6, 6.07) is 7.58. The van der Waals surface area contributed by atoms with Crippen molar-refractivity contribution in [3.05, 3.63) is 29.8 Å². The van der Waals surface area contributed by atoms with Crippen LogP contribution in [0.2, 0.25) is 0 Å². The van der Waals surface area contributed by atoms with Gasteiger partial charge in [-0.3, -0.25) is 0 Å². The van der Waals surface area contributed by atoms with Crippen LogP contribution >= 0.6 is 0 Å². The maximum absolute atomic E-state index is 10.9. The number of carboxylic acids is 1. The second-order valence-corrected chi connectivity index (χ2v) is 5.16. The van der Waals surface area contributed by atoms with Gasteiger partial charge in [0, 0.05) is 11.7 Å². The van der Waals surface area contributed by atoms with Crippen LogP contribution in [0, 0.1) is 5.92 Å². The summed E-state index contributed by atoms with van der Waals surface area (Å²) in [5, 5.41) is 12.4. The lowest BCUT2D eigenvalue weighted by molar-refractivity contribution is 0.0697. The fourth-order valence-electron chi connectivity index (χ4n) is 2.69. The van der Waals surface area contributed by atoms with E-state index in [1.54, 1.807) is 18.2 Å². The van der Waals surface area contributed by atoms with E-state index in [0.29, 0.717) is 11.6 Å². The smallest absolute Gasteiger partial charge is 0.335 e. The summed E-state index contributed by atoms with van der Waals surface area (Å²) in [5.41, 5.74) is 1.28. The lowest BCUT2D eigenvalue weighted by Crippen LogP contribution is -2.25. The molecule has 2 N–H and O–H groups in total. The molecule has 18 heavy (non-hydrogen) atoms. The van der Waals surface area contributed by atoms with Gasteiger partial charge in [0.2, 0.25) is 0 Å². The standard InChI is InChI=1S/C15H21NO2/c1-2-11-6-8-13(9-7-11)16-14-5-3-4-12(10-14)15(17)18/h3-5,10-11,13,16H,2,6-9H2,1H3,(H,17,18). The molecular weight excluding hydrogens is 226 g/mol. The van der Waals surface area contributed by atoms with Gasteiger partial charge in [0.1, 0.15) is 0 Å². The second-order valence-electron chi connectivity index (χ2n) is 5.16. The fraction of sp³-hybridized carbons (Fsp3) is 0.533. The predicted molar refractivity (Wildman–Crippen MR) is 73.1 cm³/mol. The van der Waals surface area contributed by atoms with Gasteiger partial charge in [-0.25, -0.2) is 4.79 Å². The molecule has 1 saturated carbocycles. The van der Waals surface area contributed by atoms with E-state index in [2.05, 4.69) is 12.2 Å². The van der Waals surface area contributed by atoms with Crippen LogP contribution in [-0.4, -0.2) is 17.1 Å². The van der Waals surface area contributed by atoms with Gasteiger partial charge < -0.3 is 10.4 Å². The Bertz CT molecular complexity index is 409. The minimum atomic E-state index is -0.867. The van der Waals surface area contributed by atoms with E-state index in [-0.39, 0.29) is 0 Å². The fourth-order valence-corrected chi connectivity index (χ4v) is 2.69. The first-order chi connectivity index (χ1) is 8.69. The van der Waals surface area contributed by atoms with Crippen molar-refractivity contribution in [3.63, 3.8) is 0 Å². The first-order valence-corrected chi connectivity index (χ1v) is 6.79. The van der Waals surface area contributed by atoms with Crippen molar-refractivity contribution in [1.29, 1.82) is 0 Å². The molecule has 3 heteroatoms. The Morgan fingerprint density at radius 1 is 1.33 bits per heavy atom. The molecule has 0 unspecified atom stereocenters. The largest absolute Gasteiger partial charge is 0.478 e. The summed E-state index contributed by atoms with van der Waals surface area (Å²) < 4.78 is 0. The van der Waals surface area contributed by atoms with Gasteiger partial charge in [0.25, 0.3) is 0 Å². The topological polar surface area (TPSA) is 49.3 Å². The number of rotatable bonds is 4. The Morgan fingerprint density at radius 3 is 2.67 bits per heavy atom. The van der Waals surface area contributed by atoms with E-state index in [1.165, 1.54) is 32.1 Å². The van der Waals surface area contributed by atoms with Gasteiger partial charge in [-0.15, -0.1) is 0 Å². The number of anilines is 1. The van der Waals surface area contributed by atoms with Crippen LogP contribution in [0.15, 0.2) is 24.3 Å². The van der Waals surface area contributed by atoms with Crippen molar-refractivity contribution in [2.75, 3.05) is 5.32 Å². The van der Waals surface area contributed by atoms with Crippen molar-refractivity contribution in [3.8, 4) is 0 Å². The van der Waals surface area contributed by atoms with E-state index in [9.17, 15) is 4.79 Å². The highest BCUT2D eigenvalue weighted by Crippen LogP contribution is 2.28. The first-order valence-electron chi connectivity index (χ1n) is 6.79. The molecule has 1 fully saturated rings. The van der Waals surface area contributed by atoms with Crippen LogP contribution in [-0.2, 0) is 0 Å². The van der Waals surface area contributed by atoms with Crippen molar-refractivity contribution in [1.82, 2.24) is 0 Å². The molecule has 3 nitrogen and oxygen atoms in total. The third-order valence-corrected chi connectivity index (χ3v) is 3.90. The minimum absolute atomic E-state index is 0.349. The molecule has 0 radical (unpaired) electrons. The molecule has 1 aromatic rings. The third-order valence-electron chi connectivity index (χ3n) is 3.90. The van der Waals surface area contributed by atoms with Crippen molar-refractivity contribution >= 4 is 11.7 Å². The van der Waals surface area contributed by atoms with Crippen molar-refractivity contribution in [2.24, 2.45) is 5.92 Å². The predicted octanol–water partition coefficient (Wildman–Crippen LogP) is 3.77. The highest BCUT2D eigenvalue weighted by molar-refractivity contribution is 5.88. The quantitative estimate of drug-likeness (QED) is 0.851. The third kappa shape index (κ3) is 3.25. The lowest BCUT2D eigenvalue weighted by atomic mass is 9.84. The van der Waals surface area contributed by atoms with Gasteiger partial charge in [-0.2, -0.15) is 0 Å². The van der Waals surface area contributed by atoms with Crippen LogP contribution in [0.5, 0.6) is 0 Å². The van der Waals surface area contributed by atoms with E-state index in [0.717, 1.165) is 11.6 Å². The SMILES string of the molecule is CCC1CCC(Nc2cccc(C(=O)O)c2)CC1. The molecule has 0 amide bonds. The van der Waals surface area contributed by atoms with E-state index in [4.69, 9.17) is 5.11 Å². The summed E-state index contributed by atoms with van der Waals surface area (Å²) >= 11 is 0. The summed E-state index contributed by atoms with van der Waals surface area (Å²) in [4.78, 5) is 10.9. The number of aromatic carboxylic acids is 1. The minimum Gasteiger partial charge on any atom is -0.478 e. The van der Waals surface area contributed by atoms with Crippen molar-refractivity contribution in [2.45, 2.75) is 45.1 Å². The molecule has 0 aliphatic heterocycles. The zero-order valence-electron chi connectivity index (χ0n) is 10.9. The van der Waals surface area contributed by atoms with Crippen LogP contribution in [0.1, 0.15) is 49.4 Å². The Hall–Kier alpha value is -1.51. The Morgan fingerprint density at radius 2 is 2.06 bits per heavy atom. The number of hydrogen-bond acceptors (Lipinski definition) is 2. The summed E-state index contributed by atoms with van der Waals surface area (Å²) in [5.74, 6) is 0.0155.